The number of likely N-dealkylation sites (N-methyl/N-ethyl adjacent to an activating group) is 1. The number of H-pyrrole nitrogens is 1. The molecule has 1 aliphatic heterocycles. The van der Waals surface area contributed by atoms with Crippen LogP contribution in [0.2, 0.25) is 0 Å². The highest BCUT2D eigenvalue weighted by Crippen LogP contribution is 2.18. The average molecular weight is 265 g/mol. The van der Waals surface area contributed by atoms with Crippen LogP contribution in [0.1, 0.15) is 38.4 Å². The van der Waals surface area contributed by atoms with Crippen molar-refractivity contribution in [3.63, 3.8) is 0 Å². The van der Waals surface area contributed by atoms with Crippen molar-refractivity contribution in [2.45, 2.75) is 33.3 Å². The third-order valence-electron chi connectivity index (χ3n) is 3.33. The second-order valence-electron chi connectivity index (χ2n) is 5.47. The molecule has 1 saturated heterocycles. The molecular formula is C14H23N3O2. The molecule has 1 aliphatic rings. The fourth-order valence-corrected chi connectivity index (χ4v) is 2.36. The Balaban J connectivity index is 2.19. The number of rotatable bonds is 4. The van der Waals surface area contributed by atoms with Crippen LogP contribution in [0.25, 0.3) is 0 Å². The average Bonchev–Trinajstić information content (AvgIpc) is 2.37. The summed E-state index contributed by atoms with van der Waals surface area (Å²) in [5.41, 5.74) is 0.767. The van der Waals surface area contributed by atoms with Gasteiger partial charge in [-0.2, -0.15) is 0 Å². The lowest BCUT2D eigenvalue weighted by atomic mass is 10.1. The number of nitrogens with one attached hydrogen (secondary N) is 1. The molecule has 0 aliphatic carbocycles. The zero-order chi connectivity index (χ0) is 13.8. The largest absolute Gasteiger partial charge is 0.368 e. The van der Waals surface area contributed by atoms with Crippen molar-refractivity contribution in [3.8, 4) is 0 Å². The molecule has 1 atom stereocenters. The Kier molecular flexibility index (Phi) is 4.71. The molecule has 0 radical (unpaired) electrons. The third-order valence-corrected chi connectivity index (χ3v) is 3.33. The van der Waals surface area contributed by atoms with E-state index in [0.29, 0.717) is 18.3 Å². The van der Waals surface area contributed by atoms with E-state index >= 15 is 0 Å². The van der Waals surface area contributed by atoms with Crippen LogP contribution in [0.4, 0.5) is 0 Å². The van der Waals surface area contributed by atoms with E-state index in [0.717, 1.165) is 31.7 Å². The highest BCUT2D eigenvalue weighted by molar-refractivity contribution is 5.06. The van der Waals surface area contributed by atoms with Crippen LogP contribution < -0.4 is 5.56 Å². The molecule has 1 N–H and O–H groups in total. The van der Waals surface area contributed by atoms with Crippen molar-refractivity contribution in [1.29, 1.82) is 0 Å². The molecule has 2 rings (SSSR count). The van der Waals surface area contributed by atoms with Crippen molar-refractivity contribution in [2.24, 2.45) is 5.92 Å². The lowest BCUT2D eigenvalue weighted by Crippen LogP contribution is -2.39. The Morgan fingerprint density at radius 3 is 3.05 bits per heavy atom. The molecule has 1 aromatic rings. The predicted molar refractivity (Wildman–Crippen MR) is 74.2 cm³/mol. The molecule has 1 aromatic heterocycles. The van der Waals surface area contributed by atoms with Crippen LogP contribution in [-0.4, -0.2) is 41.1 Å². The van der Waals surface area contributed by atoms with Gasteiger partial charge >= 0.3 is 0 Å². The maximum absolute atomic E-state index is 11.7. The summed E-state index contributed by atoms with van der Waals surface area (Å²) in [5.74, 6) is 1.16. The van der Waals surface area contributed by atoms with Crippen molar-refractivity contribution < 1.29 is 4.74 Å². The molecule has 0 aromatic carbocycles. The van der Waals surface area contributed by atoms with Gasteiger partial charge in [-0.1, -0.05) is 20.8 Å². The molecule has 106 valence electrons. The molecule has 5 nitrogen and oxygen atoms in total. The molecule has 0 bridgehead atoms. The maximum Gasteiger partial charge on any atom is 0.251 e. The topological polar surface area (TPSA) is 58.2 Å². The van der Waals surface area contributed by atoms with Gasteiger partial charge in [-0.05, 0) is 18.9 Å². The van der Waals surface area contributed by atoms with Crippen molar-refractivity contribution in [2.75, 3.05) is 26.2 Å². The van der Waals surface area contributed by atoms with E-state index in [1.165, 1.54) is 0 Å². The second-order valence-corrected chi connectivity index (χ2v) is 5.47. The van der Waals surface area contributed by atoms with Crippen molar-refractivity contribution >= 4 is 0 Å². The normalized spacial score (nSPS) is 20.9. The molecule has 5 heteroatoms. The number of aromatic amines is 1. The minimum Gasteiger partial charge on any atom is -0.368 e. The first kappa shape index (κ1) is 14.2. The first-order chi connectivity index (χ1) is 9.08. The summed E-state index contributed by atoms with van der Waals surface area (Å²) in [4.78, 5) is 21.4. The number of hydrogen-bond acceptors (Lipinski definition) is 4. The van der Waals surface area contributed by atoms with Gasteiger partial charge in [-0.25, -0.2) is 4.98 Å². The minimum absolute atomic E-state index is 0.0853. The standard InChI is InChI=1S/C14H23N3O2/c1-4-17-5-6-19-12(9-17)14-15-11(7-10(2)3)8-13(18)16-14/h8,10,12H,4-7,9H2,1-3H3,(H,15,16,18). The Bertz CT molecular complexity index is 470. The zero-order valence-corrected chi connectivity index (χ0v) is 12.0. The van der Waals surface area contributed by atoms with E-state index in [9.17, 15) is 4.79 Å². The molecule has 0 saturated carbocycles. The van der Waals surface area contributed by atoms with Gasteiger partial charge < -0.3 is 9.72 Å². The summed E-state index contributed by atoms with van der Waals surface area (Å²) in [6, 6.07) is 1.59. The molecule has 2 heterocycles. The fraction of sp³-hybridized carbons (Fsp3) is 0.714. The lowest BCUT2D eigenvalue weighted by Gasteiger charge is -2.31. The van der Waals surface area contributed by atoms with Gasteiger partial charge in [-0.3, -0.25) is 9.69 Å². The molecule has 0 spiro atoms. The van der Waals surface area contributed by atoms with Crippen molar-refractivity contribution in [1.82, 2.24) is 14.9 Å². The van der Waals surface area contributed by atoms with E-state index in [4.69, 9.17) is 4.74 Å². The Hall–Kier alpha value is -1.20. The molecule has 19 heavy (non-hydrogen) atoms. The summed E-state index contributed by atoms with van der Waals surface area (Å²) in [5, 5.41) is 0. The summed E-state index contributed by atoms with van der Waals surface area (Å²) in [7, 11) is 0. The predicted octanol–water partition coefficient (Wildman–Crippen LogP) is 1.36. The van der Waals surface area contributed by atoms with Crippen LogP contribution in [-0.2, 0) is 11.2 Å². The number of aromatic nitrogens is 2. The summed E-state index contributed by atoms with van der Waals surface area (Å²) in [6.45, 7) is 9.81. The Morgan fingerprint density at radius 2 is 2.37 bits per heavy atom. The van der Waals surface area contributed by atoms with E-state index < -0.39 is 0 Å². The summed E-state index contributed by atoms with van der Waals surface area (Å²) < 4.78 is 5.74. The van der Waals surface area contributed by atoms with Gasteiger partial charge in [0.05, 0.1) is 6.61 Å². The van der Waals surface area contributed by atoms with Crippen LogP contribution >= 0.6 is 0 Å². The van der Waals surface area contributed by atoms with Gasteiger partial charge in [0.15, 0.2) is 0 Å². The number of nitrogens with zero attached hydrogens (tertiary/aromatic N) is 2. The number of hydrogen-bond donors (Lipinski definition) is 1. The molecule has 1 fully saturated rings. The molecule has 1 unspecified atom stereocenters. The van der Waals surface area contributed by atoms with Gasteiger partial charge in [-0.15, -0.1) is 0 Å². The van der Waals surface area contributed by atoms with Gasteiger partial charge in [0.2, 0.25) is 0 Å². The van der Waals surface area contributed by atoms with Crippen LogP contribution in [0.5, 0.6) is 0 Å². The lowest BCUT2D eigenvalue weighted by molar-refractivity contribution is -0.0328. The van der Waals surface area contributed by atoms with Crippen LogP contribution in [0.15, 0.2) is 10.9 Å². The smallest absolute Gasteiger partial charge is 0.251 e. The first-order valence-corrected chi connectivity index (χ1v) is 7.02. The monoisotopic (exact) mass is 265 g/mol. The van der Waals surface area contributed by atoms with E-state index in [-0.39, 0.29) is 11.7 Å². The highest BCUT2D eigenvalue weighted by Gasteiger charge is 2.23. The highest BCUT2D eigenvalue weighted by atomic mass is 16.5. The summed E-state index contributed by atoms with van der Waals surface area (Å²) >= 11 is 0. The summed E-state index contributed by atoms with van der Waals surface area (Å²) in [6.07, 6.45) is 0.703. The SMILES string of the molecule is CCN1CCOC(c2nc(CC(C)C)cc(=O)[nH]2)C1. The van der Waals surface area contributed by atoms with Crippen molar-refractivity contribution in [3.05, 3.63) is 27.9 Å². The van der Waals surface area contributed by atoms with E-state index in [1.807, 2.05) is 0 Å². The third kappa shape index (κ3) is 3.88. The molecular weight excluding hydrogens is 242 g/mol. The van der Waals surface area contributed by atoms with Gasteiger partial charge in [0, 0.05) is 24.8 Å². The number of morpholine rings is 1. The Morgan fingerprint density at radius 1 is 1.58 bits per heavy atom. The maximum atomic E-state index is 11.7. The zero-order valence-electron chi connectivity index (χ0n) is 12.0. The first-order valence-electron chi connectivity index (χ1n) is 7.02. The quantitative estimate of drug-likeness (QED) is 0.893. The van der Waals surface area contributed by atoms with Crippen LogP contribution in [0, 0.1) is 5.92 Å². The minimum atomic E-state index is -0.117. The fourth-order valence-electron chi connectivity index (χ4n) is 2.36. The van der Waals surface area contributed by atoms with Gasteiger partial charge in [0.25, 0.3) is 5.56 Å². The van der Waals surface area contributed by atoms with Gasteiger partial charge in [0.1, 0.15) is 11.9 Å². The Labute approximate surface area is 114 Å². The van der Waals surface area contributed by atoms with Crippen LogP contribution in [0.3, 0.4) is 0 Å². The van der Waals surface area contributed by atoms with E-state index in [2.05, 4.69) is 35.6 Å². The molecule has 0 amide bonds. The second kappa shape index (κ2) is 6.30. The number of ether oxygens (including phenoxy) is 1. The van der Waals surface area contributed by atoms with E-state index in [1.54, 1.807) is 6.07 Å².